The maximum absolute atomic E-state index is 12.4. The molecule has 2 fully saturated rings. The molecule has 0 aliphatic carbocycles. The Morgan fingerprint density at radius 2 is 2.10 bits per heavy atom. The van der Waals surface area contributed by atoms with Gasteiger partial charge in [-0.2, -0.15) is 0 Å². The summed E-state index contributed by atoms with van der Waals surface area (Å²) in [6.45, 7) is 3.77. The highest BCUT2D eigenvalue weighted by atomic mass is 16.5. The van der Waals surface area contributed by atoms with E-state index >= 15 is 0 Å². The fourth-order valence-corrected chi connectivity index (χ4v) is 3.01. The van der Waals surface area contributed by atoms with Crippen LogP contribution in [0.1, 0.15) is 32.6 Å². The van der Waals surface area contributed by atoms with Gasteiger partial charge in [-0.15, -0.1) is 0 Å². The second-order valence-corrected chi connectivity index (χ2v) is 5.79. The highest BCUT2D eigenvalue weighted by Gasteiger charge is 2.40. The maximum Gasteiger partial charge on any atom is 0.305 e. The molecule has 2 amide bonds. The van der Waals surface area contributed by atoms with Crippen LogP contribution in [0.5, 0.6) is 0 Å². The molecule has 0 aromatic heterocycles. The fraction of sp³-hybridized carbons (Fsp3) is 0.786. The van der Waals surface area contributed by atoms with Gasteiger partial charge in [-0.05, 0) is 19.8 Å². The molecule has 2 heterocycles. The molecule has 0 radical (unpaired) electrons. The average molecular weight is 298 g/mol. The first kappa shape index (κ1) is 15.8. The number of rotatable bonds is 5. The molecule has 21 heavy (non-hydrogen) atoms. The van der Waals surface area contributed by atoms with Crippen molar-refractivity contribution in [2.24, 2.45) is 5.92 Å². The standard InChI is InChI=1S/C14H22N2O5/c1-2-16-9-10(7-11(16)17)13(20)15-14(8-12(18)19)3-5-21-6-4-14/h10H,2-9H2,1H3,(H,15,20)(H,18,19). The van der Waals surface area contributed by atoms with E-state index in [-0.39, 0.29) is 30.6 Å². The molecule has 7 heteroatoms. The summed E-state index contributed by atoms with van der Waals surface area (Å²) in [7, 11) is 0. The fourth-order valence-electron chi connectivity index (χ4n) is 3.01. The Morgan fingerprint density at radius 1 is 1.43 bits per heavy atom. The maximum atomic E-state index is 12.4. The summed E-state index contributed by atoms with van der Waals surface area (Å²) in [5, 5.41) is 12.0. The minimum absolute atomic E-state index is 0.0167. The van der Waals surface area contributed by atoms with Crippen molar-refractivity contribution in [1.29, 1.82) is 0 Å². The molecule has 2 N–H and O–H groups in total. The van der Waals surface area contributed by atoms with Crippen molar-refractivity contribution in [1.82, 2.24) is 10.2 Å². The van der Waals surface area contributed by atoms with Gasteiger partial charge in [-0.1, -0.05) is 0 Å². The first-order chi connectivity index (χ1) is 9.96. The number of likely N-dealkylation sites (tertiary alicyclic amines) is 1. The number of nitrogens with one attached hydrogen (secondary N) is 1. The van der Waals surface area contributed by atoms with Gasteiger partial charge >= 0.3 is 5.97 Å². The van der Waals surface area contributed by atoms with Crippen molar-refractivity contribution in [3.8, 4) is 0 Å². The molecular formula is C14H22N2O5. The Kier molecular flexibility index (Phi) is 4.82. The van der Waals surface area contributed by atoms with Crippen molar-refractivity contribution >= 4 is 17.8 Å². The van der Waals surface area contributed by atoms with Gasteiger partial charge < -0.3 is 20.1 Å². The molecule has 0 aromatic carbocycles. The molecule has 1 unspecified atom stereocenters. The van der Waals surface area contributed by atoms with E-state index in [1.54, 1.807) is 4.90 Å². The number of amides is 2. The second kappa shape index (κ2) is 6.43. The van der Waals surface area contributed by atoms with Crippen LogP contribution in [0, 0.1) is 5.92 Å². The lowest BCUT2D eigenvalue weighted by atomic mass is 9.86. The van der Waals surface area contributed by atoms with Crippen molar-refractivity contribution < 1.29 is 24.2 Å². The Hall–Kier alpha value is -1.63. The molecule has 0 aromatic rings. The Balaban J connectivity index is 2.01. The van der Waals surface area contributed by atoms with Crippen molar-refractivity contribution in [2.75, 3.05) is 26.3 Å². The normalized spacial score (nSPS) is 24.9. The lowest BCUT2D eigenvalue weighted by Gasteiger charge is -2.37. The highest BCUT2D eigenvalue weighted by molar-refractivity contribution is 5.89. The molecule has 118 valence electrons. The number of nitrogens with zero attached hydrogens (tertiary/aromatic N) is 1. The van der Waals surface area contributed by atoms with Gasteiger partial charge in [0, 0.05) is 32.7 Å². The lowest BCUT2D eigenvalue weighted by molar-refractivity contribution is -0.141. The van der Waals surface area contributed by atoms with Crippen LogP contribution in [-0.2, 0) is 19.1 Å². The Morgan fingerprint density at radius 3 is 2.62 bits per heavy atom. The van der Waals surface area contributed by atoms with E-state index in [0.717, 1.165) is 0 Å². The predicted molar refractivity (Wildman–Crippen MR) is 73.5 cm³/mol. The first-order valence-corrected chi connectivity index (χ1v) is 7.35. The largest absolute Gasteiger partial charge is 0.481 e. The Bertz CT molecular complexity index is 431. The van der Waals surface area contributed by atoms with E-state index < -0.39 is 11.5 Å². The molecule has 7 nitrogen and oxygen atoms in total. The van der Waals surface area contributed by atoms with Crippen LogP contribution in [0.15, 0.2) is 0 Å². The van der Waals surface area contributed by atoms with E-state index in [1.165, 1.54) is 0 Å². The van der Waals surface area contributed by atoms with E-state index in [1.807, 2.05) is 6.92 Å². The first-order valence-electron chi connectivity index (χ1n) is 7.35. The van der Waals surface area contributed by atoms with E-state index in [9.17, 15) is 14.4 Å². The third kappa shape index (κ3) is 3.72. The van der Waals surface area contributed by atoms with Crippen molar-refractivity contribution in [3.05, 3.63) is 0 Å². The molecular weight excluding hydrogens is 276 g/mol. The molecule has 2 rings (SSSR count). The van der Waals surface area contributed by atoms with Crippen molar-refractivity contribution in [2.45, 2.75) is 38.1 Å². The molecule has 0 spiro atoms. The number of carboxylic acid groups (broad SMARTS) is 1. The zero-order valence-corrected chi connectivity index (χ0v) is 12.3. The molecule has 2 aliphatic rings. The van der Waals surface area contributed by atoms with Gasteiger partial charge in [0.15, 0.2) is 0 Å². The highest BCUT2D eigenvalue weighted by Crippen LogP contribution is 2.26. The van der Waals surface area contributed by atoms with Gasteiger partial charge in [-0.3, -0.25) is 14.4 Å². The summed E-state index contributed by atoms with van der Waals surface area (Å²) in [4.78, 5) is 36.8. The topological polar surface area (TPSA) is 95.9 Å². The SMILES string of the molecule is CCN1CC(C(=O)NC2(CC(=O)O)CCOCC2)CC1=O. The summed E-state index contributed by atoms with van der Waals surface area (Å²) in [6, 6.07) is 0. The quantitative estimate of drug-likeness (QED) is 0.744. The summed E-state index contributed by atoms with van der Waals surface area (Å²) >= 11 is 0. The van der Waals surface area contributed by atoms with Crippen LogP contribution in [0.2, 0.25) is 0 Å². The third-order valence-electron chi connectivity index (χ3n) is 4.29. The van der Waals surface area contributed by atoms with Crippen LogP contribution >= 0.6 is 0 Å². The molecule has 2 aliphatic heterocycles. The van der Waals surface area contributed by atoms with Gasteiger partial charge in [-0.25, -0.2) is 0 Å². The number of carboxylic acids is 1. The minimum Gasteiger partial charge on any atom is -0.481 e. The zero-order chi connectivity index (χ0) is 15.5. The van der Waals surface area contributed by atoms with E-state index in [4.69, 9.17) is 9.84 Å². The summed E-state index contributed by atoms with van der Waals surface area (Å²) in [6.07, 6.45) is 1.08. The van der Waals surface area contributed by atoms with Crippen LogP contribution in [-0.4, -0.2) is 59.6 Å². The van der Waals surface area contributed by atoms with Crippen molar-refractivity contribution in [3.63, 3.8) is 0 Å². The lowest BCUT2D eigenvalue weighted by Crippen LogP contribution is -2.54. The molecule has 1 atom stereocenters. The number of hydrogen-bond donors (Lipinski definition) is 2. The number of ether oxygens (including phenoxy) is 1. The average Bonchev–Trinajstić information content (AvgIpc) is 2.80. The molecule has 2 saturated heterocycles. The number of carbonyl (C=O) groups excluding carboxylic acids is 2. The summed E-state index contributed by atoms with van der Waals surface area (Å²) in [5.74, 6) is -1.56. The van der Waals surface area contributed by atoms with Gasteiger partial charge in [0.1, 0.15) is 0 Å². The number of aliphatic carboxylic acids is 1. The van der Waals surface area contributed by atoms with Gasteiger partial charge in [0.2, 0.25) is 11.8 Å². The van der Waals surface area contributed by atoms with E-state index in [2.05, 4.69) is 5.32 Å². The van der Waals surface area contributed by atoms with Crippen LogP contribution in [0.3, 0.4) is 0 Å². The second-order valence-electron chi connectivity index (χ2n) is 5.79. The summed E-state index contributed by atoms with van der Waals surface area (Å²) in [5.41, 5.74) is -0.746. The monoisotopic (exact) mass is 298 g/mol. The number of carbonyl (C=O) groups is 3. The van der Waals surface area contributed by atoms with Gasteiger partial charge in [0.25, 0.3) is 0 Å². The number of hydrogen-bond acceptors (Lipinski definition) is 4. The predicted octanol–water partition coefficient (Wildman–Crippen LogP) is -0.00510. The summed E-state index contributed by atoms with van der Waals surface area (Å²) < 4.78 is 5.26. The van der Waals surface area contributed by atoms with Gasteiger partial charge in [0.05, 0.1) is 17.9 Å². The van der Waals surface area contributed by atoms with E-state index in [0.29, 0.717) is 39.1 Å². The zero-order valence-electron chi connectivity index (χ0n) is 12.3. The van der Waals surface area contributed by atoms with Crippen LogP contribution < -0.4 is 5.32 Å². The Labute approximate surface area is 123 Å². The molecule has 0 bridgehead atoms. The molecule has 0 saturated carbocycles. The van der Waals surface area contributed by atoms with Crippen LogP contribution in [0.25, 0.3) is 0 Å². The third-order valence-corrected chi connectivity index (χ3v) is 4.29. The van der Waals surface area contributed by atoms with Crippen LogP contribution in [0.4, 0.5) is 0 Å². The smallest absolute Gasteiger partial charge is 0.305 e. The minimum atomic E-state index is -0.935.